The molecule has 0 bridgehead atoms. The summed E-state index contributed by atoms with van der Waals surface area (Å²) in [5.74, 6) is 0.476. The second-order valence-electron chi connectivity index (χ2n) is 1.45. The first kappa shape index (κ1) is 7.82. The molecule has 1 N–H and O–H groups in total. The predicted molar refractivity (Wildman–Crippen MR) is 35.3 cm³/mol. The van der Waals surface area contributed by atoms with Crippen LogP contribution in [0.3, 0.4) is 0 Å². The lowest BCUT2D eigenvalue weighted by Gasteiger charge is -1.90. The molecule has 0 aliphatic carbocycles. The van der Waals surface area contributed by atoms with E-state index in [0.717, 1.165) is 12.2 Å². The van der Waals surface area contributed by atoms with Gasteiger partial charge >= 0.3 is 5.97 Å². The summed E-state index contributed by atoms with van der Waals surface area (Å²) < 4.78 is 0. The van der Waals surface area contributed by atoms with E-state index in [4.69, 9.17) is 5.11 Å². The van der Waals surface area contributed by atoms with Gasteiger partial charge in [-0.25, -0.2) is 0 Å². The van der Waals surface area contributed by atoms with E-state index in [1.807, 2.05) is 6.92 Å². The molecule has 0 aromatic carbocycles. The van der Waals surface area contributed by atoms with Gasteiger partial charge in [0.15, 0.2) is 0 Å². The van der Waals surface area contributed by atoms with Crippen LogP contribution in [0.15, 0.2) is 0 Å². The third-order valence-corrected chi connectivity index (χ3v) is 1.72. The fraction of sp³-hybridized carbons (Fsp3) is 0.800. The van der Waals surface area contributed by atoms with E-state index in [1.54, 1.807) is 0 Å². The SMILES string of the molecule is CCCSCC(=O)O. The van der Waals surface area contributed by atoms with Gasteiger partial charge in [0.05, 0.1) is 5.75 Å². The Labute approximate surface area is 53.3 Å². The molecule has 0 fully saturated rings. The van der Waals surface area contributed by atoms with Gasteiger partial charge < -0.3 is 5.11 Å². The number of thioether (sulfide) groups is 1. The molecule has 0 saturated heterocycles. The largest absolute Gasteiger partial charge is 0.481 e. The summed E-state index contributed by atoms with van der Waals surface area (Å²) in [6, 6.07) is 0. The Morgan fingerprint density at radius 1 is 1.75 bits per heavy atom. The minimum absolute atomic E-state index is 0.244. The number of carbonyl (C=O) groups is 1. The molecular formula is C5H10O2S. The molecule has 0 aromatic heterocycles. The second-order valence-corrected chi connectivity index (χ2v) is 2.55. The highest BCUT2D eigenvalue weighted by Crippen LogP contribution is 1.99. The highest BCUT2D eigenvalue weighted by atomic mass is 32.2. The van der Waals surface area contributed by atoms with Crippen molar-refractivity contribution in [3.05, 3.63) is 0 Å². The monoisotopic (exact) mass is 134 g/mol. The Hall–Kier alpha value is -0.180. The van der Waals surface area contributed by atoms with E-state index in [1.165, 1.54) is 11.8 Å². The van der Waals surface area contributed by atoms with E-state index in [2.05, 4.69) is 0 Å². The lowest BCUT2D eigenvalue weighted by Crippen LogP contribution is -1.97. The van der Waals surface area contributed by atoms with Gasteiger partial charge in [0.1, 0.15) is 0 Å². The smallest absolute Gasteiger partial charge is 0.313 e. The van der Waals surface area contributed by atoms with Crippen LogP contribution in [0.2, 0.25) is 0 Å². The van der Waals surface area contributed by atoms with Crippen molar-refractivity contribution >= 4 is 17.7 Å². The Balaban J connectivity index is 2.82. The zero-order valence-electron chi connectivity index (χ0n) is 4.89. The third-order valence-electron chi connectivity index (χ3n) is 0.574. The number of carboxylic acid groups (broad SMARTS) is 1. The first-order valence-electron chi connectivity index (χ1n) is 2.57. The summed E-state index contributed by atoms with van der Waals surface area (Å²) in [5, 5.41) is 8.12. The van der Waals surface area contributed by atoms with Gasteiger partial charge in [-0.2, -0.15) is 11.8 Å². The van der Waals surface area contributed by atoms with Gasteiger partial charge in [0.2, 0.25) is 0 Å². The number of hydrogen-bond acceptors (Lipinski definition) is 2. The van der Waals surface area contributed by atoms with E-state index in [9.17, 15) is 4.79 Å². The van der Waals surface area contributed by atoms with Gasteiger partial charge in [-0.15, -0.1) is 0 Å². The average Bonchev–Trinajstić information content (AvgIpc) is 1.66. The predicted octanol–water partition coefficient (Wildman–Crippen LogP) is 1.21. The maximum atomic E-state index is 9.85. The Kier molecular flexibility index (Phi) is 4.85. The zero-order chi connectivity index (χ0) is 6.41. The first-order chi connectivity index (χ1) is 3.77. The lowest BCUT2D eigenvalue weighted by molar-refractivity contribution is -0.133. The fourth-order valence-electron chi connectivity index (χ4n) is 0.304. The molecule has 3 heteroatoms. The van der Waals surface area contributed by atoms with Crippen molar-refractivity contribution in [1.82, 2.24) is 0 Å². The van der Waals surface area contributed by atoms with Crippen molar-refractivity contribution in [2.24, 2.45) is 0 Å². The van der Waals surface area contributed by atoms with Crippen LogP contribution in [0.25, 0.3) is 0 Å². The molecular weight excluding hydrogens is 124 g/mol. The molecule has 0 saturated carbocycles. The van der Waals surface area contributed by atoms with Crippen molar-refractivity contribution in [3.63, 3.8) is 0 Å². The molecule has 48 valence electrons. The highest BCUT2D eigenvalue weighted by molar-refractivity contribution is 7.99. The second kappa shape index (κ2) is 4.97. The zero-order valence-corrected chi connectivity index (χ0v) is 5.70. The summed E-state index contributed by atoms with van der Waals surface area (Å²) in [4.78, 5) is 9.85. The van der Waals surface area contributed by atoms with Crippen molar-refractivity contribution in [3.8, 4) is 0 Å². The van der Waals surface area contributed by atoms with Crippen LogP contribution in [-0.2, 0) is 4.79 Å². The molecule has 0 spiro atoms. The van der Waals surface area contributed by atoms with Crippen molar-refractivity contribution in [2.75, 3.05) is 11.5 Å². The molecule has 0 unspecified atom stereocenters. The minimum Gasteiger partial charge on any atom is -0.481 e. The van der Waals surface area contributed by atoms with Gasteiger partial charge in [0, 0.05) is 0 Å². The van der Waals surface area contributed by atoms with Crippen molar-refractivity contribution in [1.29, 1.82) is 0 Å². The summed E-state index contributed by atoms with van der Waals surface area (Å²) in [6.07, 6.45) is 1.05. The molecule has 0 radical (unpaired) electrons. The maximum Gasteiger partial charge on any atom is 0.313 e. The van der Waals surface area contributed by atoms with Crippen LogP contribution in [-0.4, -0.2) is 22.6 Å². The summed E-state index contributed by atoms with van der Waals surface area (Å²) in [6.45, 7) is 2.04. The topological polar surface area (TPSA) is 37.3 Å². The first-order valence-corrected chi connectivity index (χ1v) is 3.72. The molecule has 0 amide bonds. The minimum atomic E-state index is -0.719. The van der Waals surface area contributed by atoms with E-state index in [-0.39, 0.29) is 5.75 Å². The summed E-state index contributed by atoms with van der Waals surface area (Å²) >= 11 is 1.46. The molecule has 0 heterocycles. The Bertz CT molecular complexity index is 72.8. The Morgan fingerprint density at radius 3 is 2.75 bits per heavy atom. The van der Waals surface area contributed by atoms with Crippen LogP contribution in [0.5, 0.6) is 0 Å². The number of hydrogen-bond donors (Lipinski definition) is 1. The molecule has 0 aromatic rings. The molecule has 0 aliphatic rings. The quantitative estimate of drug-likeness (QED) is 0.587. The summed E-state index contributed by atoms with van der Waals surface area (Å²) in [5.41, 5.74) is 0. The van der Waals surface area contributed by atoms with Gasteiger partial charge in [-0.05, 0) is 12.2 Å². The van der Waals surface area contributed by atoms with Crippen molar-refractivity contribution in [2.45, 2.75) is 13.3 Å². The number of carboxylic acids is 1. The molecule has 0 aliphatic heterocycles. The van der Waals surface area contributed by atoms with Crippen molar-refractivity contribution < 1.29 is 9.90 Å². The molecule has 2 nitrogen and oxygen atoms in total. The van der Waals surface area contributed by atoms with Gasteiger partial charge in [-0.1, -0.05) is 6.92 Å². The Morgan fingerprint density at radius 2 is 2.38 bits per heavy atom. The van der Waals surface area contributed by atoms with E-state index < -0.39 is 5.97 Å². The van der Waals surface area contributed by atoms with Gasteiger partial charge in [-0.3, -0.25) is 4.79 Å². The van der Waals surface area contributed by atoms with Crippen LogP contribution in [0, 0.1) is 0 Å². The molecule has 0 rings (SSSR count). The molecule has 8 heavy (non-hydrogen) atoms. The van der Waals surface area contributed by atoms with Crippen LogP contribution in [0.1, 0.15) is 13.3 Å². The highest BCUT2D eigenvalue weighted by Gasteiger charge is 1.92. The van der Waals surface area contributed by atoms with Crippen LogP contribution in [0.4, 0.5) is 0 Å². The average molecular weight is 134 g/mol. The van der Waals surface area contributed by atoms with E-state index in [0.29, 0.717) is 0 Å². The van der Waals surface area contributed by atoms with E-state index >= 15 is 0 Å². The van der Waals surface area contributed by atoms with Crippen LogP contribution < -0.4 is 0 Å². The normalized spacial score (nSPS) is 9.12. The lowest BCUT2D eigenvalue weighted by atomic mass is 10.6. The fourth-order valence-corrected chi connectivity index (χ4v) is 0.911. The number of aliphatic carboxylic acids is 1. The third kappa shape index (κ3) is 5.82. The van der Waals surface area contributed by atoms with Gasteiger partial charge in [0.25, 0.3) is 0 Å². The maximum absolute atomic E-state index is 9.85. The molecule has 0 atom stereocenters. The summed E-state index contributed by atoms with van der Waals surface area (Å²) in [7, 11) is 0. The number of rotatable bonds is 4. The standard InChI is InChI=1S/C5H10O2S/c1-2-3-8-4-5(6)7/h2-4H2,1H3,(H,6,7). The van der Waals surface area contributed by atoms with Crippen LogP contribution >= 0.6 is 11.8 Å².